The number of nitrogens with zero attached hydrogens (tertiary/aromatic N) is 2. The number of amides is 2. The van der Waals surface area contributed by atoms with Crippen LogP contribution in [0.4, 0.5) is 18.9 Å². The average molecular weight is 469 g/mol. The van der Waals surface area contributed by atoms with Crippen molar-refractivity contribution in [2.75, 3.05) is 31.6 Å². The van der Waals surface area contributed by atoms with Gasteiger partial charge in [0.15, 0.2) is 18.2 Å². The Labute approximate surface area is 192 Å². The average Bonchev–Trinajstić information content (AvgIpc) is 2.78. The van der Waals surface area contributed by atoms with Crippen LogP contribution in [0.15, 0.2) is 48.8 Å². The molecule has 10 heteroatoms. The molecule has 2 amide bonds. The maximum atomic E-state index is 14.5. The number of nitrogens with one attached hydrogen (secondary N) is 1. The van der Waals surface area contributed by atoms with Gasteiger partial charge >= 0.3 is 0 Å². The second-order valence-corrected chi connectivity index (χ2v) is 8.09. The summed E-state index contributed by atoms with van der Waals surface area (Å²) in [7, 11) is 0. The standard InChI is InChI=1S/C24H18F3N3O4/c25-16-3-15(7-28-8-16)14-1-2-21(19(27)4-14)33-11-13-9-30(10-13)24(32)17-5-20-22(6-18(17)26)34-12-23(31)29-20/h1-8,13H,9-12H2,(H,29,31). The fourth-order valence-electron chi connectivity index (χ4n) is 3.85. The predicted molar refractivity (Wildman–Crippen MR) is 115 cm³/mol. The van der Waals surface area contributed by atoms with Gasteiger partial charge in [0.2, 0.25) is 0 Å². The molecule has 2 aromatic carbocycles. The van der Waals surface area contributed by atoms with Crippen molar-refractivity contribution in [2.45, 2.75) is 0 Å². The topological polar surface area (TPSA) is 80.8 Å². The number of hydrogen-bond acceptors (Lipinski definition) is 5. The molecule has 0 atom stereocenters. The van der Waals surface area contributed by atoms with E-state index < -0.39 is 23.4 Å². The van der Waals surface area contributed by atoms with E-state index in [-0.39, 0.29) is 47.8 Å². The first-order valence-corrected chi connectivity index (χ1v) is 10.5. The van der Waals surface area contributed by atoms with Crippen LogP contribution in [0.25, 0.3) is 11.1 Å². The first kappa shape index (κ1) is 21.7. The molecule has 1 saturated heterocycles. The summed E-state index contributed by atoms with van der Waals surface area (Å²) in [4.78, 5) is 29.4. The molecule has 0 bridgehead atoms. The first-order valence-electron chi connectivity index (χ1n) is 10.5. The molecule has 5 rings (SSSR count). The van der Waals surface area contributed by atoms with Crippen LogP contribution in [-0.4, -0.2) is 48.0 Å². The summed E-state index contributed by atoms with van der Waals surface area (Å²) in [5, 5.41) is 2.55. The summed E-state index contributed by atoms with van der Waals surface area (Å²) in [5.41, 5.74) is 0.983. The van der Waals surface area contributed by atoms with E-state index in [1.165, 1.54) is 35.4 Å². The van der Waals surface area contributed by atoms with E-state index in [9.17, 15) is 22.8 Å². The van der Waals surface area contributed by atoms with Crippen LogP contribution < -0.4 is 14.8 Å². The molecule has 0 unspecified atom stereocenters. The highest BCUT2D eigenvalue weighted by atomic mass is 19.1. The van der Waals surface area contributed by atoms with Crippen molar-refractivity contribution in [3.63, 3.8) is 0 Å². The van der Waals surface area contributed by atoms with Crippen LogP contribution in [0.2, 0.25) is 0 Å². The number of ether oxygens (including phenoxy) is 2. The molecular weight excluding hydrogens is 451 g/mol. The normalized spacial score (nSPS) is 15.1. The summed E-state index contributed by atoms with van der Waals surface area (Å²) >= 11 is 0. The van der Waals surface area contributed by atoms with Gasteiger partial charge in [-0.3, -0.25) is 14.6 Å². The zero-order chi connectivity index (χ0) is 23.8. The van der Waals surface area contributed by atoms with Crippen LogP contribution in [0, 0.1) is 23.4 Å². The van der Waals surface area contributed by atoms with Crippen molar-refractivity contribution < 1.29 is 32.2 Å². The number of likely N-dealkylation sites (tertiary alicyclic amines) is 1. The minimum Gasteiger partial charge on any atom is -0.490 e. The van der Waals surface area contributed by atoms with Crippen LogP contribution in [0.5, 0.6) is 11.5 Å². The van der Waals surface area contributed by atoms with E-state index in [2.05, 4.69) is 10.3 Å². The van der Waals surface area contributed by atoms with Gasteiger partial charge in [0.1, 0.15) is 17.4 Å². The second kappa shape index (κ2) is 8.69. The van der Waals surface area contributed by atoms with Gasteiger partial charge in [0, 0.05) is 36.8 Å². The van der Waals surface area contributed by atoms with Gasteiger partial charge in [-0.05, 0) is 29.8 Å². The number of rotatable bonds is 5. The zero-order valence-electron chi connectivity index (χ0n) is 17.7. The van der Waals surface area contributed by atoms with Crippen molar-refractivity contribution in [3.05, 3.63) is 71.8 Å². The lowest BCUT2D eigenvalue weighted by Gasteiger charge is -2.39. The summed E-state index contributed by atoms with van der Waals surface area (Å²) in [6, 6.07) is 7.90. The van der Waals surface area contributed by atoms with Gasteiger partial charge in [0.05, 0.1) is 24.1 Å². The van der Waals surface area contributed by atoms with E-state index in [0.29, 0.717) is 24.2 Å². The molecule has 34 heavy (non-hydrogen) atoms. The molecule has 0 radical (unpaired) electrons. The quantitative estimate of drug-likeness (QED) is 0.617. The Hall–Kier alpha value is -4.08. The van der Waals surface area contributed by atoms with Gasteiger partial charge in [0.25, 0.3) is 11.8 Å². The minimum absolute atomic E-state index is 0.0364. The number of halogens is 3. The number of aromatic nitrogens is 1. The lowest BCUT2D eigenvalue weighted by molar-refractivity contribution is -0.118. The number of hydrogen-bond donors (Lipinski definition) is 1. The smallest absolute Gasteiger partial charge is 0.262 e. The Morgan fingerprint density at radius 2 is 1.91 bits per heavy atom. The SMILES string of the molecule is O=C1COc2cc(F)c(C(=O)N3CC(COc4ccc(-c5cncc(F)c5)cc4F)C3)cc2N1. The van der Waals surface area contributed by atoms with E-state index in [4.69, 9.17) is 9.47 Å². The summed E-state index contributed by atoms with van der Waals surface area (Å²) in [6.07, 6.45) is 2.50. The third kappa shape index (κ3) is 4.26. The van der Waals surface area contributed by atoms with Crippen molar-refractivity contribution in [2.24, 2.45) is 5.92 Å². The van der Waals surface area contributed by atoms with Gasteiger partial charge in [-0.15, -0.1) is 0 Å². The number of anilines is 1. The molecule has 0 saturated carbocycles. The number of carbonyl (C=O) groups is 2. The maximum absolute atomic E-state index is 14.5. The molecule has 2 aliphatic rings. The lowest BCUT2D eigenvalue weighted by Crippen LogP contribution is -2.52. The van der Waals surface area contributed by atoms with E-state index >= 15 is 0 Å². The second-order valence-electron chi connectivity index (χ2n) is 8.09. The highest BCUT2D eigenvalue weighted by Crippen LogP contribution is 2.32. The van der Waals surface area contributed by atoms with Gasteiger partial charge < -0.3 is 19.7 Å². The van der Waals surface area contributed by atoms with Crippen LogP contribution >= 0.6 is 0 Å². The third-order valence-electron chi connectivity index (χ3n) is 5.62. The molecule has 3 aromatic rings. The fraction of sp³-hybridized carbons (Fsp3) is 0.208. The van der Waals surface area contributed by atoms with Crippen molar-refractivity contribution in [3.8, 4) is 22.6 Å². The van der Waals surface area contributed by atoms with Crippen molar-refractivity contribution in [1.82, 2.24) is 9.88 Å². The highest BCUT2D eigenvalue weighted by molar-refractivity contribution is 6.00. The van der Waals surface area contributed by atoms with E-state index in [1.807, 2.05) is 0 Å². The number of benzene rings is 2. The lowest BCUT2D eigenvalue weighted by atomic mass is 9.99. The first-order chi connectivity index (χ1) is 16.4. The Morgan fingerprint density at radius 1 is 1.09 bits per heavy atom. The molecular formula is C24H18F3N3O4. The summed E-state index contributed by atoms with van der Waals surface area (Å²) < 4.78 is 52.9. The molecule has 0 spiro atoms. The molecule has 1 aromatic heterocycles. The Kier molecular flexibility index (Phi) is 5.56. The Bertz CT molecular complexity index is 1290. The Balaban J connectivity index is 1.18. The molecule has 0 aliphatic carbocycles. The Morgan fingerprint density at radius 3 is 2.68 bits per heavy atom. The number of fused-ring (bicyclic) bond motifs is 1. The number of carbonyl (C=O) groups excluding carboxylic acids is 2. The summed E-state index contributed by atoms with van der Waals surface area (Å²) in [6.45, 7) is 0.580. The van der Waals surface area contributed by atoms with Gasteiger partial charge in [-0.2, -0.15) is 0 Å². The van der Waals surface area contributed by atoms with Crippen LogP contribution in [-0.2, 0) is 4.79 Å². The minimum atomic E-state index is -0.741. The predicted octanol–water partition coefficient (Wildman–Crippen LogP) is 3.65. The highest BCUT2D eigenvalue weighted by Gasteiger charge is 2.34. The molecule has 3 heterocycles. The molecule has 1 fully saturated rings. The molecule has 7 nitrogen and oxygen atoms in total. The summed E-state index contributed by atoms with van der Waals surface area (Å²) in [5.74, 6) is -2.61. The largest absolute Gasteiger partial charge is 0.490 e. The van der Waals surface area contributed by atoms with E-state index in [1.54, 1.807) is 6.07 Å². The van der Waals surface area contributed by atoms with E-state index in [0.717, 1.165) is 12.3 Å². The van der Waals surface area contributed by atoms with Gasteiger partial charge in [-0.25, -0.2) is 13.2 Å². The molecule has 1 N–H and O–H groups in total. The van der Waals surface area contributed by atoms with Crippen LogP contribution in [0.1, 0.15) is 10.4 Å². The zero-order valence-corrected chi connectivity index (χ0v) is 17.7. The van der Waals surface area contributed by atoms with Crippen molar-refractivity contribution >= 4 is 17.5 Å². The molecule has 2 aliphatic heterocycles. The number of pyridine rings is 1. The fourth-order valence-corrected chi connectivity index (χ4v) is 3.85. The van der Waals surface area contributed by atoms with Gasteiger partial charge in [-0.1, -0.05) is 6.07 Å². The monoisotopic (exact) mass is 469 g/mol. The molecule has 174 valence electrons. The third-order valence-corrected chi connectivity index (χ3v) is 5.62. The van der Waals surface area contributed by atoms with Crippen LogP contribution in [0.3, 0.4) is 0 Å². The maximum Gasteiger partial charge on any atom is 0.262 e. The van der Waals surface area contributed by atoms with Crippen molar-refractivity contribution in [1.29, 1.82) is 0 Å².